The molecule has 0 aromatic carbocycles. The number of carboxylic acids is 1. The Morgan fingerprint density at radius 3 is 2.59 bits per heavy atom. The molecule has 1 saturated heterocycles. The molecule has 1 heterocycles. The van der Waals surface area contributed by atoms with Crippen molar-refractivity contribution in [1.82, 2.24) is 10.3 Å². The maximum absolute atomic E-state index is 12.2. The molecule has 22 heavy (non-hydrogen) atoms. The van der Waals surface area contributed by atoms with E-state index < -0.39 is 34.8 Å². The molecule has 0 aromatic rings. The van der Waals surface area contributed by atoms with Crippen molar-refractivity contribution in [3.63, 3.8) is 0 Å². The third-order valence-electron chi connectivity index (χ3n) is 4.76. The van der Waals surface area contributed by atoms with E-state index in [1.54, 1.807) is 19.1 Å². The monoisotopic (exact) mass is 307 g/mol. The molecular weight excluding hydrogens is 286 g/mol. The lowest BCUT2D eigenvalue weighted by atomic mass is 9.69. The molecule has 120 valence electrons. The zero-order valence-electron chi connectivity index (χ0n) is 12.7. The van der Waals surface area contributed by atoms with Gasteiger partial charge in [0.2, 0.25) is 0 Å². The summed E-state index contributed by atoms with van der Waals surface area (Å²) in [6.45, 7) is 3.64. The molecule has 0 radical (unpaired) electrons. The van der Waals surface area contributed by atoms with E-state index in [0.29, 0.717) is 24.3 Å². The predicted molar refractivity (Wildman–Crippen MR) is 79.3 cm³/mol. The number of imide groups is 1. The van der Waals surface area contributed by atoms with Gasteiger partial charge < -0.3 is 10.4 Å². The number of nitrogens with two attached hydrogens (primary N) is 1. The predicted octanol–water partition coefficient (Wildman–Crippen LogP) is 1.17. The molecule has 2 aliphatic rings. The van der Waals surface area contributed by atoms with Crippen molar-refractivity contribution < 1.29 is 19.5 Å². The standard InChI is InChI=1S/C15H21N3O4/c1-3-15(12(21)18(16)13(22)17-15)9-8-14(2)7-5-4-6-10(14)11(19)20/h4-7,10H,3,8-9,16H2,1-2H3,(H,17,22)(H,19,20). The minimum Gasteiger partial charge on any atom is -0.481 e. The summed E-state index contributed by atoms with van der Waals surface area (Å²) in [4.78, 5) is 35.3. The first-order chi connectivity index (χ1) is 10.3. The Kier molecular flexibility index (Phi) is 4.10. The molecule has 1 fully saturated rings. The Labute approximate surface area is 128 Å². The highest BCUT2D eigenvalue weighted by molar-refractivity contribution is 6.06. The lowest BCUT2D eigenvalue weighted by Crippen LogP contribution is -2.48. The van der Waals surface area contributed by atoms with Crippen LogP contribution in [0.1, 0.15) is 33.1 Å². The first-order valence-electron chi connectivity index (χ1n) is 7.26. The molecule has 3 unspecified atom stereocenters. The third-order valence-corrected chi connectivity index (χ3v) is 4.76. The molecule has 2 rings (SSSR count). The molecular formula is C15H21N3O4. The van der Waals surface area contributed by atoms with Crippen LogP contribution in [-0.2, 0) is 9.59 Å². The molecule has 1 aliphatic carbocycles. The molecule has 0 aromatic heterocycles. The number of carbonyl (C=O) groups is 3. The van der Waals surface area contributed by atoms with Crippen molar-refractivity contribution in [3.8, 4) is 0 Å². The van der Waals surface area contributed by atoms with Crippen LogP contribution in [0.25, 0.3) is 0 Å². The van der Waals surface area contributed by atoms with E-state index in [4.69, 9.17) is 5.84 Å². The molecule has 3 atom stereocenters. The Morgan fingerprint density at radius 1 is 1.41 bits per heavy atom. The number of hydrazine groups is 1. The third kappa shape index (κ3) is 2.52. The van der Waals surface area contributed by atoms with Crippen molar-refractivity contribution in [3.05, 3.63) is 24.3 Å². The van der Waals surface area contributed by atoms with Crippen LogP contribution in [0.2, 0.25) is 0 Å². The van der Waals surface area contributed by atoms with Gasteiger partial charge in [-0.3, -0.25) is 9.59 Å². The van der Waals surface area contributed by atoms with Crippen LogP contribution in [-0.4, -0.2) is 33.6 Å². The molecule has 4 N–H and O–H groups in total. The largest absolute Gasteiger partial charge is 0.481 e. The number of carboxylic acid groups (broad SMARTS) is 1. The molecule has 7 heteroatoms. The van der Waals surface area contributed by atoms with E-state index in [0.717, 1.165) is 0 Å². The van der Waals surface area contributed by atoms with Gasteiger partial charge in [0.05, 0.1) is 5.92 Å². The molecule has 0 spiro atoms. The summed E-state index contributed by atoms with van der Waals surface area (Å²) in [7, 11) is 0. The Hall–Kier alpha value is -2.15. The topological polar surface area (TPSA) is 113 Å². The fraction of sp³-hybridized carbons (Fsp3) is 0.533. The molecule has 0 saturated carbocycles. The summed E-state index contributed by atoms with van der Waals surface area (Å²) in [5.41, 5.74) is -1.66. The maximum Gasteiger partial charge on any atom is 0.339 e. The van der Waals surface area contributed by atoms with Crippen LogP contribution in [0.5, 0.6) is 0 Å². The van der Waals surface area contributed by atoms with E-state index in [1.165, 1.54) is 0 Å². The summed E-state index contributed by atoms with van der Waals surface area (Å²) < 4.78 is 0. The van der Waals surface area contributed by atoms with Crippen molar-refractivity contribution in [2.24, 2.45) is 17.2 Å². The number of rotatable bonds is 5. The van der Waals surface area contributed by atoms with Gasteiger partial charge >= 0.3 is 12.0 Å². The lowest BCUT2D eigenvalue weighted by Gasteiger charge is -2.35. The van der Waals surface area contributed by atoms with Crippen LogP contribution in [0.3, 0.4) is 0 Å². The Morgan fingerprint density at radius 2 is 2.09 bits per heavy atom. The first-order valence-corrected chi connectivity index (χ1v) is 7.26. The fourth-order valence-electron chi connectivity index (χ4n) is 3.09. The molecule has 1 aliphatic heterocycles. The minimum atomic E-state index is -1.05. The fourth-order valence-corrected chi connectivity index (χ4v) is 3.09. The van der Waals surface area contributed by atoms with Crippen LogP contribution in [0.15, 0.2) is 24.3 Å². The highest BCUT2D eigenvalue weighted by Gasteiger charge is 2.50. The van der Waals surface area contributed by atoms with Gasteiger partial charge in [-0.2, -0.15) is 5.01 Å². The first kappa shape index (κ1) is 16.2. The van der Waals surface area contributed by atoms with Crippen LogP contribution in [0, 0.1) is 11.3 Å². The molecule has 0 bridgehead atoms. The maximum atomic E-state index is 12.2. The number of hydrogen-bond acceptors (Lipinski definition) is 4. The summed E-state index contributed by atoms with van der Waals surface area (Å²) in [5, 5.41) is 12.6. The van der Waals surface area contributed by atoms with Crippen molar-refractivity contribution in [2.45, 2.75) is 38.6 Å². The second kappa shape index (κ2) is 5.57. The van der Waals surface area contributed by atoms with Gasteiger partial charge in [-0.05, 0) is 19.3 Å². The van der Waals surface area contributed by atoms with Gasteiger partial charge in [-0.1, -0.05) is 38.2 Å². The van der Waals surface area contributed by atoms with Crippen LogP contribution < -0.4 is 11.2 Å². The summed E-state index contributed by atoms with van der Waals surface area (Å²) in [5.74, 6) is 3.41. The number of urea groups is 1. The van der Waals surface area contributed by atoms with E-state index in [9.17, 15) is 19.5 Å². The average Bonchev–Trinajstić information content (AvgIpc) is 2.70. The van der Waals surface area contributed by atoms with Crippen molar-refractivity contribution >= 4 is 17.9 Å². The van der Waals surface area contributed by atoms with Crippen molar-refractivity contribution in [2.75, 3.05) is 0 Å². The Balaban J connectivity index is 2.19. The van der Waals surface area contributed by atoms with Gasteiger partial charge in [-0.15, -0.1) is 0 Å². The van der Waals surface area contributed by atoms with E-state index >= 15 is 0 Å². The van der Waals surface area contributed by atoms with Gasteiger partial charge in [-0.25, -0.2) is 10.6 Å². The van der Waals surface area contributed by atoms with Crippen LogP contribution >= 0.6 is 0 Å². The number of amides is 3. The van der Waals surface area contributed by atoms with E-state index in [1.807, 2.05) is 19.1 Å². The van der Waals surface area contributed by atoms with Crippen LogP contribution in [0.4, 0.5) is 4.79 Å². The van der Waals surface area contributed by atoms with Crippen molar-refractivity contribution in [1.29, 1.82) is 0 Å². The second-order valence-electron chi connectivity index (χ2n) is 6.11. The summed E-state index contributed by atoms with van der Waals surface area (Å²) in [6.07, 6.45) is 8.18. The number of aliphatic carboxylic acids is 1. The van der Waals surface area contributed by atoms with Gasteiger partial charge in [0, 0.05) is 5.41 Å². The lowest BCUT2D eigenvalue weighted by molar-refractivity contribution is -0.143. The van der Waals surface area contributed by atoms with E-state index in [2.05, 4.69) is 5.32 Å². The normalized spacial score (nSPS) is 34.1. The molecule has 3 amide bonds. The zero-order valence-corrected chi connectivity index (χ0v) is 12.7. The Bertz CT molecular complexity index is 571. The van der Waals surface area contributed by atoms with Gasteiger partial charge in [0.15, 0.2) is 0 Å². The highest BCUT2D eigenvalue weighted by atomic mass is 16.4. The number of hydrogen-bond donors (Lipinski definition) is 3. The SMILES string of the molecule is CCC1(CCC2(C)C=CC=CC2C(=O)O)NC(=O)N(N)C1=O. The average molecular weight is 307 g/mol. The smallest absolute Gasteiger partial charge is 0.339 e. The van der Waals surface area contributed by atoms with Gasteiger partial charge in [0.1, 0.15) is 5.54 Å². The second-order valence-corrected chi connectivity index (χ2v) is 6.11. The quantitative estimate of drug-likeness (QED) is 0.401. The number of allylic oxidation sites excluding steroid dienone is 3. The summed E-state index contributed by atoms with van der Waals surface area (Å²) in [6, 6.07) is -0.620. The summed E-state index contributed by atoms with van der Waals surface area (Å²) >= 11 is 0. The van der Waals surface area contributed by atoms with Gasteiger partial charge in [0.25, 0.3) is 5.91 Å². The molecule has 7 nitrogen and oxygen atoms in total. The highest BCUT2D eigenvalue weighted by Crippen LogP contribution is 2.40. The number of carbonyl (C=O) groups excluding carboxylic acids is 2. The zero-order chi connectivity index (χ0) is 16.5. The number of nitrogens with zero attached hydrogens (tertiary/aromatic N) is 1. The van der Waals surface area contributed by atoms with E-state index in [-0.39, 0.29) is 0 Å². The minimum absolute atomic E-state index is 0.334. The number of nitrogens with one attached hydrogen (secondary N) is 1.